The van der Waals surface area contributed by atoms with E-state index in [1.807, 2.05) is 34.0 Å². The molecular weight excluding hydrogens is 321 g/mol. The standard InChI is InChI=1S/C18H24FN5O/c19-16-9-14(1-2-17(16)23-5-7-25-8-6-23)10-20-11-15-12-21-18-3-4-22-24(18)13-15/h1-4,9,15,20-21H,5-8,10-13H2/t15-/m0/s1. The fourth-order valence-electron chi connectivity index (χ4n) is 3.46. The maximum Gasteiger partial charge on any atom is 0.146 e. The Labute approximate surface area is 147 Å². The summed E-state index contributed by atoms with van der Waals surface area (Å²) < 4.78 is 21.7. The van der Waals surface area contributed by atoms with Crippen LogP contribution in [0.25, 0.3) is 0 Å². The first-order valence-corrected chi connectivity index (χ1v) is 8.87. The van der Waals surface area contributed by atoms with E-state index >= 15 is 0 Å². The van der Waals surface area contributed by atoms with Gasteiger partial charge in [-0.15, -0.1) is 0 Å². The van der Waals surface area contributed by atoms with Gasteiger partial charge in [0.1, 0.15) is 11.6 Å². The zero-order valence-corrected chi connectivity index (χ0v) is 14.2. The Kier molecular flexibility index (Phi) is 4.85. The van der Waals surface area contributed by atoms with Gasteiger partial charge in [-0.05, 0) is 17.7 Å². The van der Waals surface area contributed by atoms with E-state index in [0.29, 0.717) is 31.4 Å². The number of rotatable bonds is 5. The van der Waals surface area contributed by atoms with Gasteiger partial charge in [-0.3, -0.25) is 0 Å². The molecule has 0 amide bonds. The van der Waals surface area contributed by atoms with E-state index in [0.717, 1.165) is 44.1 Å². The van der Waals surface area contributed by atoms with Gasteiger partial charge >= 0.3 is 0 Å². The molecule has 0 unspecified atom stereocenters. The molecule has 1 aromatic heterocycles. The van der Waals surface area contributed by atoms with Gasteiger partial charge in [-0.25, -0.2) is 9.07 Å². The summed E-state index contributed by atoms with van der Waals surface area (Å²) in [6.45, 7) is 6.21. The number of halogens is 1. The van der Waals surface area contributed by atoms with E-state index < -0.39 is 0 Å². The fraction of sp³-hybridized carbons (Fsp3) is 0.500. The third-order valence-electron chi connectivity index (χ3n) is 4.85. The predicted molar refractivity (Wildman–Crippen MR) is 95.3 cm³/mol. The molecule has 1 atom stereocenters. The number of ether oxygens (including phenoxy) is 1. The van der Waals surface area contributed by atoms with Crippen LogP contribution in [0.4, 0.5) is 15.9 Å². The van der Waals surface area contributed by atoms with Gasteiger partial charge in [-0.1, -0.05) is 6.07 Å². The summed E-state index contributed by atoms with van der Waals surface area (Å²) in [4.78, 5) is 2.05. The first-order chi connectivity index (χ1) is 12.3. The number of hydrogen-bond donors (Lipinski definition) is 2. The van der Waals surface area contributed by atoms with E-state index in [-0.39, 0.29) is 5.82 Å². The first kappa shape index (κ1) is 16.4. The first-order valence-electron chi connectivity index (χ1n) is 8.87. The summed E-state index contributed by atoms with van der Waals surface area (Å²) >= 11 is 0. The van der Waals surface area contributed by atoms with Crippen LogP contribution in [0.3, 0.4) is 0 Å². The molecule has 1 aromatic carbocycles. The number of aromatic nitrogens is 2. The van der Waals surface area contributed by atoms with Crippen molar-refractivity contribution in [2.24, 2.45) is 5.92 Å². The highest BCUT2D eigenvalue weighted by Crippen LogP contribution is 2.22. The van der Waals surface area contributed by atoms with Gasteiger partial charge < -0.3 is 20.3 Å². The monoisotopic (exact) mass is 345 g/mol. The summed E-state index contributed by atoms with van der Waals surface area (Å²) in [5.41, 5.74) is 1.65. The van der Waals surface area contributed by atoms with E-state index in [9.17, 15) is 4.39 Å². The molecule has 0 spiro atoms. The molecule has 2 aromatic rings. The van der Waals surface area contributed by atoms with Crippen molar-refractivity contribution in [1.82, 2.24) is 15.1 Å². The van der Waals surface area contributed by atoms with E-state index in [2.05, 4.69) is 15.7 Å². The zero-order valence-electron chi connectivity index (χ0n) is 14.2. The zero-order chi connectivity index (χ0) is 17.1. The molecular formula is C18H24FN5O. The number of nitrogens with one attached hydrogen (secondary N) is 2. The SMILES string of the molecule is Fc1cc(CNC[C@H]2CNc3ccnn3C2)ccc1N1CCOCC1. The lowest BCUT2D eigenvalue weighted by Crippen LogP contribution is -2.36. The summed E-state index contributed by atoms with van der Waals surface area (Å²) in [6, 6.07) is 7.52. The van der Waals surface area contributed by atoms with Gasteiger partial charge in [0.15, 0.2) is 0 Å². The minimum Gasteiger partial charge on any atom is -0.378 e. The molecule has 2 aliphatic rings. The van der Waals surface area contributed by atoms with Gasteiger partial charge in [-0.2, -0.15) is 5.10 Å². The lowest BCUT2D eigenvalue weighted by molar-refractivity contribution is 0.122. The number of nitrogens with zero attached hydrogens (tertiary/aromatic N) is 3. The van der Waals surface area contributed by atoms with Crippen molar-refractivity contribution < 1.29 is 9.13 Å². The third kappa shape index (κ3) is 3.77. The second-order valence-electron chi connectivity index (χ2n) is 6.66. The minimum atomic E-state index is -0.151. The molecule has 0 bridgehead atoms. The summed E-state index contributed by atoms with van der Waals surface area (Å²) in [5, 5.41) is 11.1. The molecule has 0 saturated carbocycles. The van der Waals surface area contributed by atoms with E-state index in [1.54, 1.807) is 6.07 Å². The average Bonchev–Trinajstić information content (AvgIpc) is 3.10. The van der Waals surface area contributed by atoms with Crippen LogP contribution in [0.1, 0.15) is 5.56 Å². The molecule has 2 aliphatic heterocycles. The molecule has 0 aliphatic carbocycles. The van der Waals surface area contributed by atoms with Gasteiger partial charge in [0.05, 0.1) is 25.1 Å². The Balaban J connectivity index is 1.29. The summed E-state index contributed by atoms with van der Waals surface area (Å²) in [6.07, 6.45) is 1.82. The highest BCUT2D eigenvalue weighted by atomic mass is 19.1. The third-order valence-corrected chi connectivity index (χ3v) is 4.85. The highest BCUT2D eigenvalue weighted by molar-refractivity contribution is 5.49. The highest BCUT2D eigenvalue weighted by Gasteiger charge is 2.18. The normalized spacial score (nSPS) is 20.2. The Hall–Kier alpha value is -2.12. The molecule has 7 heteroatoms. The number of benzene rings is 1. The van der Waals surface area contributed by atoms with Crippen LogP contribution in [-0.2, 0) is 17.8 Å². The largest absolute Gasteiger partial charge is 0.378 e. The summed E-state index contributed by atoms with van der Waals surface area (Å²) in [5.74, 6) is 1.41. The fourth-order valence-corrected chi connectivity index (χ4v) is 3.46. The minimum absolute atomic E-state index is 0.151. The van der Waals surface area contributed by atoms with Crippen LogP contribution in [0.5, 0.6) is 0 Å². The van der Waals surface area contributed by atoms with Gasteiger partial charge in [0, 0.05) is 51.3 Å². The lowest BCUT2D eigenvalue weighted by Gasteiger charge is -2.29. The molecule has 25 heavy (non-hydrogen) atoms. The topological polar surface area (TPSA) is 54.4 Å². The van der Waals surface area contributed by atoms with E-state index in [1.165, 1.54) is 0 Å². The number of fused-ring (bicyclic) bond motifs is 1. The molecule has 0 radical (unpaired) electrons. The maximum absolute atomic E-state index is 14.4. The van der Waals surface area contributed by atoms with Crippen molar-refractivity contribution in [2.75, 3.05) is 49.6 Å². The van der Waals surface area contributed by atoms with Gasteiger partial charge in [0.25, 0.3) is 0 Å². The molecule has 3 heterocycles. The van der Waals surface area contributed by atoms with Crippen molar-refractivity contribution >= 4 is 11.5 Å². The van der Waals surface area contributed by atoms with Crippen molar-refractivity contribution in [2.45, 2.75) is 13.1 Å². The lowest BCUT2D eigenvalue weighted by atomic mass is 10.1. The van der Waals surface area contributed by atoms with Crippen LogP contribution in [0.15, 0.2) is 30.5 Å². The quantitative estimate of drug-likeness (QED) is 0.864. The van der Waals surface area contributed by atoms with Crippen molar-refractivity contribution in [3.8, 4) is 0 Å². The average molecular weight is 345 g/mol. The second kappa shape index (κ2) is 7.41. The molecule has 1 saturated heterocycles. The van der Waals surface area contributed by atoms with Crippen LogP contribution < -0.4 is 15.5 Å². The van der Waals surface area contributed by atoms with Crippen molar-refractivity contribution in [1.29, 1.82) is 0 Å². The Morgan fingerprint density at radius 3 is 3.00 bits per heavy atom. The number of morpholine rings is 1. The predicted octanol–water partition coefficient (Wildman–Crippen LogP) is 1.69. The smallest absolute Gasteiger partial charge is 0.146 e. The number of anilines is 2. The van der Waals surface area contributed by atoms with Crippen molar-refractivity contribution in [3.63, 3.8) is 0 Å². The van der Waals surface area contributed by atoms with Crippen LogP contribution >= 0.6 is 0 Å². The Morgan fingerprint density at radius 1 is 1.28 bits per heavy atom. The number of hydrogen-bond acceptors (Lipinski definition) is 5. The van der Waals surface area contributed by atoms with Crippen LogP contribution in [-0.4, -0.2) is 49.2 Å². The van der Waals surface area contributed by atoms with Crippen molar-refractivity contribution in [3.05, 3.63) is 41.8 Å². The maximum atomic E-state index is 14.4. The molecule has 6 nitrogen and oxygen atoms in total. The Bertz CT molecular complexity index is 713. The molecule has 1 fully saturated rings. The van der Waals surface area contributed by atoms with E-state index in [4.69, 9.17) is 4.74 Å². The Morgan fingerprint density at radius 2 is 2.16 bits per heavy atom. The van der Waals surface area contributed by atoms with Crippen LogP contribution in [0, 0.1) is 11.7 Å². The summed E-state index contributed by atoms with van der Waals surface area (Å²) in [7, 11) is 0. The van der Waals surface area contributed by atoms with Crippen LogP contribution in [0.2, 0.25) is 0 Å². The second-order valence-corrected chi connectivity index (χ2v) is 6.66. The molecule has 2 N–H and O–H groups in total. The van der Waals surface area contributed by atoms with Gasteiger partial charge in [0.2, 0.25) is 0 Å². The molecule has 134 valence electrons. The molecule has 4 rings (SSSR count).